The molecule has 2 aromatic carbocycles. The van der Waals surface area contributed by atoms with Crippen molar-refractivity contribution >= 4 is 59.0 Å². The van der Waals surface area contributed by atoms with E-state index in [0.29, 0.717) is 66.5 Å². The second-order valence-corrected chi connectivity index (χ2v) is 12.9. The largest absolute Gasteiger partial charge is 0.497 e. The zero-order chi connectivity index (χ0) is 35.4. The summed E-state index contributed by atoms with van der Waals surface area (Å²) >= 11 is 0. The van der Waals surface area contributed by atoms with Crippen molar-refractivity contribution in [2.75, 3.05) is 43.7 Å². The van der Waals surface area contributed by atoms with E-state index >= 15 is 0 Å². The van der Waals surface area contributed by atoms with Gasteiger partial charge in [-0.3, -0.25) is 19.4 Å². The first-order valence-corrected chi connectivity index (χ1v) is 16.9. The molecule has 0 unspecified atom stereocenters. The summed E-state index contributed by atoms with van der Waals surface area (Å²) in [7, 11) is 3.32. The Labute approximate surface area is 315 Å². The highest BCUT2D eigenvalue weighted by molar-refractivity contribution is 6.20. The van der Waals surface area contributed by atoms with Crippen LogP contribution in [0.4, 0.5) is 11.4 Å². The third kappa shape index (κ3) is 8.28. The van der Waals surface area contributed by atoms with Crippen molar-refractivity contribution in [3.63, 3.8) is 0 Å². The maximum absolute atomic E-state index is 13.3. The van der Waals surface area contributed by atoms with Gasteiger partial charge in [-0.2, -0.15) is 0 Å². The molecule has 0 aliphatic carbocycles. The standard InChI is InChI=1S/C39H43N5O6.2ClH/c1-6-44-32-13-12-30(23-33(32)42(4)37(46)39(2,3)38(44)47)49-21-7-17-40-25-26-14-18-41-28(22-26)15-19-43-20-16-34-31(36(43)45)24-35(50-34)27-8-10-29(48-5)11-9-27;;/h8-14,16,18,20,22-24,40H,6-7,15,17,19,21,25H2,1-5H3;2*1H. The summed E-state index contributed by atoms with van der Waals surface area (Å²) in [6, 6.07) is 20.7. The minimum Gasteiger partial charge on any atom is -0.497 e. The molecule has 3 aromatic heterocycles. The van der Waals surface area contributed by atoms with Crippen LogP contribution in [0, 0.1) is 5.41 Å². The number of aryl methyl sites for hydroxylation is 2. The van der Waals surface area contributed by atoms with Crippen molar-refractivity contribution in [1.29, 1.82) is 0 Å². The van der Waals surface area contributed by atoms with Gasteiger partial charge in [0.15, 0.2) is 0 Å². The highest BCUT2D eigenvalue weighted by Gasteiger charge is 2.45. The number of pyridine rings is 2. The van der Waals surface area contributed by atoms with Gasteiger partial charge in [-0.05, 0) is 100.0 Å². The summed E-state index contributed by atoms with van der Waals surface area (Å²) in [4.78, 5) is 47.2. The van der Waals surface area contributed by atoms with Crippen LogP contribution in [0.15, 0.2) is 88.3 Å². The van der Waals surface area contributed by atoms with Crippen LogP contribution in [-0.4, -0.2) is 55.2 Å². The lowest BCUT2D eigenvalue weighted by Gasteiger charge is -2.27. The summed E-state index contributed by atoms with van der Waals surface area (Å²) < 4.78 is 18.9. The smallest absolute Gasteiger partial charge is 0.261 e. The molecule has 1 aliphatic heterocycles. The Bertz CT molecular complexity index is 2080. The molecule has 0 fully saturated rings. The summed E-state index contributed by atoms with van der Waals surface area (Å²) in [5.41, 5.74) is 3.56. The molecule has 0 bridgehead atoms. The van der Waals surface area contributed by atoms with E-state index in [9.17, 15) is 14.4 Å². The van der Waals surface area contributed by atoms with Crippen molar-refractivity contribution < 1.29 is 23.5 Å². The number of carbonyl (C=O) groups is 2. The molecule has 4 heterocycles. The van der Waals surface area contributed by atoms with E-state index < -0.39 is 5.41 Å². The molecule has 11 nitrogen and oxygen atoms in total. The zero-order valence-electron chi connectivity index (χ0n) is 30.0. The number of aromatic nitrogens is 2. The van der Waals surface area contributed by atoms with E-state index in [-0.39, 0.29) is 42.2 Å². The van der Waals surface area contributed by atoms with Crippen LogP contribution in [0.1, 0.15) is 38.4 Å². The van der Waals surface area contributed by atoms with Gasteiger partial charge < -0.3 is 33.6 Å². The number of nitrogens with one attached hydrogen (secondary N) is 1. The van der Waals surface area contributed by atoms with Gasteiger partial charge in [0.2, 0.25) is 11.8 Å². The Balaban J connectivity index is 0.00000302. The fourth-order valence-electron chi connectivity index (χ4n) is 6.25. The quantitative estimate of drug-likeness (QED) is 0.105. The number of fused-ring (bicyclic) bond motifs is 2. The van der Waals surface area contributed by atoms with Crippen LogP contribution in [0.25, 0.3) is 22.3 Å². The average Bonchev–Trinajstić information content (AvgIpc) is 3.56. The number of hydrogen-bond donors (Lipinski definition) is 1. The number of hydrogen-bond acceptors (Lipinski definition) is 8. The lowest BCUT2D eigenvalue weighted by molar-refractivity contribution is -0.137. The topological polar surface area (TPSA) is 119 Å². The number of furan rings is 1. The minimum atomic E-state index is -1.15. The lowest BCUT2D eigenvalue weighted by atomic mass is 9.90. The number of carbonyl (C=O) groups excluding carboxylic acids is 2. The molecule has 5 aromatic rings. The fourth-order valence-corrected chi connectivity index (χ4v) is 6.25. The Hall–Kier alpha value is -4.84. The number of halogens is 2. The molecule has 0 saturated carbocycles. The van der Waals surface area contributed by atoms with Crippen LogP contribution in [0.5, 0.6) is 11.5 Å². The molecule has 1 aliphatic rings. The highest BCUT2D eigenvalue weighted by atomic mass is 35.5. The highest BCUT2D eigenvalue weighted by Crippen LogP contribution is 2.40. The Morgan fingerprint density at radius 3 is 2.38 bits per heavy atom. The summed E-state index contributed by atoms with van der Waals surface area (Å²) in [6.07, 6.45) is 4.95. The molecule has 0 radical (unpaired) electrons. The van der Waals surface area contributed by atoms with Crippen molar-refractivity contribution in [3.8, 4) is 22.8 Å². The van der Waals surface area contributed by atoms with E-state index in [4.69, 9.17) is 13.9 Å². The number of nitrogens with zero attached hydrogens (tertiary/aromatic N) is 4. The van der Waals surface area contributed by atoms with Gasteiger partial charge >= 0.3 is 0 Å². The van der Waals surface area contributed by atoms with Gasteiger partial charge in [-0.1, -0.05) is 0 Å². The van der Waals surface area contributed by atoms with E-state index in [2.05, 4.69) is 16.4 Å². The zero-order valence-corrected chi connectivity index (χ0v) is 31.6. The van der Waals surface area contributed by atoms with Crippen molar-refractivity contribution in [1.82, 2.24) is 14.9 Å². The molecule has 276 valence electrons. The molecule has 0 atom stereocenters. The Morgan fingerprint density at radius 2 is 1.65 bits per heavy atom. The number of ether oxygens (including phenoxy) is 2. The van der Waals surface area contributed by atoms with E-state index in [1.807, 2.05) is 61.5 Å². The molecule has 2 amide bonds. The summed E-state index contributed by atoms with van der Waals surface area (Å²) in [6.45, 7) is 8.12. The van der Waals surface area contributed by atoms with E-state index in [1.165, 1.54) is 0 Å². The summed E-state index contributed by atoms with van der Waals surface area (Å²) in [5.74, 6) is 1.59. The lowest BCUT2D eigenvalue weighted by Crippen LogP contribution is -2.47. The third-order valence-corrected chi connectivity index (χ3v) is 9.15. The van der Waals surface area contributed by atoms with Crippen LogP contribution in [0.3, 0.4) is 0 Å². The first-order valence-electron chi connectivity index (χ1n) is 16.9. The number of anilines is 2. The molecule has 6 rings (SSSR count). The molecule has 0 spiro atoms. The molecular formula is C39H45Cl2N5O6. The number of methoxy groups -OCH3 is 1. The second kappa shape index (κ2) is 17.1. The molecule has 52 heavy (non-hydrogen) atoms. The first-order chi connectivity index (χ1) is 24.1. The predicted molar refractivity (Wildman–Crippen MR) is 208 cm³/mol. The van der Waals surface area contributed by atoms with Crippen LogP contribution < -0.4 is 30.1 Å². The average molecular weight is 751 g/mol. The Morgan fingerprint density at radius 1 is 0.904 bits per heavy atom. The maximum Gasteiger partial charge on any atom is 0.261 e. The van der Waals surface area contributed by atoms with E-state index in [1.54, 1.807) is 60.8 Å². The van der Waals surface area contributed by atoms with Crippen LogP contribution in [-0.2, 0) is 29.1 Å². The van der Waals surface area contributed by atoms with Gasteiger partial charge in [-0.25, -0.2) is 0 Å². The molecule has 0 saturated heterocycles. The molecular weight excluding hydrogens is 705 g/mol. The van der Waals surface area contributed by atoms with Gasteiger partial charge in [-0.15, -0.1) is 24.8 Å². The normalized spacial score (nSPS) is 13.6. The van der Waals surface area contributed by atoms with Crippen LogP contribution >= 0.6 is 24.8 Å². The third-order valence-electron chi connectivity index (χ3n) is 9.15. The van der Waals surface area contributed by atoms with Gasteiger partial charge in [0, 0.05) is 62.8 Å². The number of rotatable bonds is 13. The van der Waals surface area contributed by atoms with Crippen molar-refractivity contribution in [2.45, 2.75) is 46.7 Å². The molecule has 13 heteroatoms. The van der Waals surface area contributed by atoms with Gasteiger partial charge in [0.05, 0.1) is 30.5 Å². The minimum absolute atomic E-state index is 0. The van der Waals surface area contributed by atoms with Crippen molar-refractivity contribution in [3.05, 3.63) is 101 Å². The Kier molecular flexibility index (Phi) is 13.1. The predicted octanol–water partition coefficient (Wildman–Crippen LogP) is 6.67. The fraction of sp³-hybridized carbons (Fsp3) is 0.333. The van der Waals surface area contributed by atoms with Crippen molar-refractivity contribution in [2.24, 2.45) is 5.41 Å². The van der Waals surface area contributed by atoms with Gasteiger partial charge in [0.25, 0.3) is 5.56 Å². The van der Waals surface area contributed by atoms with Gasteiger partial charge in [0.1, 0.15) is 28.3 Å². The van der Waals surface area contributed by atoms with E-state index in [0.717, 1.165) is 35.5 Å². The van der Waals surface area contributed by atoms with Crippen LogP contribution in [0.2, 0.25) is 0 Å². The molecule has 1 N–H and O–H groups in total. The SMILES string of the molecule is CCN1C(=O)C(C)(C)C(=O)N(C)c2cc(OCCCNCc3ccnc(CCn4ccc5oc(-c6ccc(OC)cc6)cc5c4=O)c3)ccc21.Cl.Cl. The number of amides is 2. The monoisotopic (exact) mass is 749 g/mol. The maximum atomic E-state index is 13.3. The number of benzene rings is 2. The first kappa shape index (κ1) is 39.9. The second-order valence-electron chi connectivity index (χ2n) is 12.9. The summed E-state index contributed by atoms with van der Waals surface area (Å²) in [5, 5.41) is 4.00.